The third-order valence-corrected chi connectivity index (χ3v) is 3.22. The number of benzene rings is 1. The van der Waals surface area contributed by atoms with Crippen LogP contribution in [0.5, 0.6) is 11.5 Å². The maximum Gasteiger partial charge on any atom is 0.227 e. The fourth-order valence-corrected chi connectivity index (χ4v) is 2.18. The number of hydrogen-bond acceptors (Lipinski definition) is 4. The lowest BCUT2D eigenvalue weighted by Crippen LogP contribution is -2.25. The summed E-state index contributed by atoms with van der Waals surface area (Å²) >= 11 is 0. The molecule has 0 spiro atoms. The first-order valence-corrected chi connectivity index (χ1v) is 5.92. The van der Waals surface area contributed by atoms with Gasteiger partial charge in [-0.25, -0.2) is 0 Å². The minimum absolute atomic E-state index is 0.109. The summed E-state index contributed by atoms with van der Waals surface area (Å²) in [4.78, 5) is 13.6. The molecule has 98 valence electrons. The minimum atomic E-state index is 0.109. The number of hydrogen-bond donors (Lipinski definition) is 1. The molecule has 0 aromatic heterocycles. The van der Waals surface area contributed by atoms with Crippen LogP contribution in [-0.4, -0.2) is 33.2 Å². The van der Waals surface area contributed by atoms with Crippen molar-refractivity contribution in [3.8, 4) is 11.5 Å². The molecule has 1 unspecified atom stereocenters. The lowest BCUT2D eigenvalue weighted by molar-refractivity contribution is -0.117. The van der Waals surface area contributed by atoms with Crippen molar-refractivity contribution in [3.05, 3.63) is 18.2 Å². The fraction of sp³-hybridized carbons (Fsp3) is 0.462. The lowest BCUT2D eigenvalue weighted by Gasteiger charge is -2.18. The molecule has 18 heavy (non-hydrogen) atoms. The third kappa shape index (κ3) is 2.26. The van der Waals surface area contributed by atoms with Crippen LogP contribution in [0.15, 0.2) is 18.2 Å². The normalized spacial score (nSPS) is 19.2. The van der Waals surface area contributed by atoms with E-state index in [1.807, 2.05) is 12.1 Å². The van der Waals surface area contributed by atoms with Crippen LogP contribution in [0.3, 0.4) is 0 Å². The average molecular weight is 250 g/mol. The van der Waals surface area contributed by atoms with E-state index >= 15 is 0 Å². The molecule has 1 aromatic carbocycles. The van der Waals surface area contributed by atoms with Crippen molar-refractivity contribution in [3.63, 3.8) is 0 Å². The SMILES string of the molecule is COc1ccc(N2CC(CN)CC2=O)cc1OC. The summed E-state index contributed by atoms with van der Waals surface area (Å²) in [7, 11) is 3.17. The zero-order valence-electron chi connectivity index (χ0n) is 10.7. The van der Waals surface area contributed by atoms with Gasteiger partial charge < -0.3 is 20.1 Å². The highest BCUT2D eigenvalue weighted by atomic mass is 16.5. The monoisotopic (exact) mass is 250 g/mol. The van der Waals surface area contributed by atoms with Crippen LogP contribution in [0.2, 0.25) is 0 Å². The molecule has 1 amide bonds. The first kappa shape index (κ1) is 12.7. The second-order valence-corrected chi connectivity index (χ2v) is 4.35. The van der Waals surface area contributed by atoms with Gasteiger partial charge in [-0.15, -0.1) is 0 Å². The molecule has 1 atom stereocenters. The predicted octanol–water partition coefficient (Wildman–Crippen LogP) is 1.02. The number of carbonyl (C=O) groups is 1. The van der Waals surface area contributed by atoms with Gasteiger partial charge in [0.1, 0.15) is 0 Å². The molecule has 1 saturated heterocycles. The van der Waals surface area contributed by atoms with Crippen molar-refractivity contribution >= 4 is 11.6 Å². The van der Waals surface area contributed by atoms with Crippen molar-refractivity contribution in [2.24, 2.45) is 11.7 Å². The molecule has 5 heteroatoms. The van der Waals surface area contributed by atoms with Crippen molar-refractivity contribution in [1.82, 2.24) is 0 Å². The Morgan fingerprint density at radius 3 is 2.61 bits per heavy atom. The largest absolute Gasteiger partial charge is 0.493 e. The number of amides is 1. The van der Waals surface area contributed by atoms with Gasteiger partial charge in [0, 0.05) is 24.7 Å². The van der Waals surface area contributed by atoms with Gasteiger partial charge in [0.25, 0.3) is 0 Å². The van der Waals surface area contributed by atoms with Crippen LogP contribution in [0.4, 0.5) is 5.69 Å². The summed E-state index contributed by atoms with van der Waals surface area (Å²) in [5, 5.41) is 0. The van der Waals surface area contributed by atoms with E-state index in [9.17, 15) is 4.79 Å². The molecular formula is C13H18N2O3. The molecule has 1 aliphatic rings. The van der Waals surface area contributed by atoms with E-state index in [-0.39, 0.29) is 11.8 Å². The molecule has 1 fully saturated rings. The number of methoxy groups -OCH3 is 2. The molecule has 0 saturated carbocycles. The van der Waals surface area contributed by atoms with Gasteiger partial charge >= 0.3 is 0 Å². The summed E-state index contributed by atoms with van der Waals surface area (Å²) in [6.07, 6.45) is 0.519. The van der Waals surface area contributed by atoms with Crippen LogP contribution in [0.1, 0.15) is 6.42 Å². The lowest BCUT2D eigenvalue weighted by atomic mass is 10.1. The number of nitrogens with zero attached hydrogens (tertiary/aromatic N) is 1. The topological polar surface area (TPSA) is 64.8 Å². The van der Waals surface area contributed by atoms with E-state index in [0.29, 0.717) is 31.0 Å². The van der Waals surface area contributed by atoms with E-state index in [4.69, 9.17) is 15.2 Å². The van der Waals surface area contributed by atoms with Gasteiger partial charge in [-0.1, -0.05) is 0 Å². The Bertz CT molecular complexity index is 448. The molecule has 1 aromatic rings. The summed E-state index contributed by atoms with van der Waals surface area (Å²) in [6.45, 7) is 1.21. The zero-order chi connectivity index (χ0) is 13.1. The Morgan fingerprint density at radius 1 is 1.33 bits per heavy atom. The van der Waals surface area contributed by atoms with Gasteiger partial charge in [0.05, 0.1) is 14.2 Å². The first-order chi connectivity index (χ1) is 8.69. The molecule has 0 bridgehead atoms. The minimum Gasteiger partial charge on any atom is -0.493 e. The number of nitrogens with two attached hydrogens (primary N) is 1. The number of carbonyl (C=O) groups excluding carboxylic acids is 1. The Hall–Kier alpha value is -1.75. The van der Waals surface area contributed by atoms with Crippen molar-refractivity contribution in [2.75, 3.05) is 32.2 Å². The van der Waals surface area contributed by atoms with Crippen LogP contribution in [0.25, 0.3) is 0 Å². The van der Waals surface area contributed by atoms with E-state index in [1.165, 1.54) is 0 Å². The van der Waals surface area contributed by atoms with E-state index < -0.39 is 0 Å². The molecule has 1 heterocycles. The zero-order valence-corrected chi connectivity index (χ0v) is 10.7. The Morgan fingerprint density at radius 2 is 2.06 bits per heavy atom. The molecular weight excluding hydrogens is 232 g/mol. The van der Waals surface area contributed by atoms with Crippen LogP contribution < -0.4 is 20.1 Å². The van der Waals surface area contributed by atoms with E-state index in [1.54, 1.807) is 25.2 Å². The Labute approximate surface area is 106 Å². The third-order valence-electron chi connectivity index (χ3n) is 3.22. The number of ether oxygens (including phenoxy) is 2. The van der Waals surface area contributed by atoms with Gasteiger partial charge in [0.15, 0.2) is 11.5 Å². The molecule has 0 radical (unpaired) electrons. The summed E-state index contributed by atoms with van der Waals surface area (Å²) in [5.74, 6) is 1.63. The highest BCUT2D eigenvalue weighted by Crippen LogP contribution is 2.33. The number of anilines is 1. The summed E-state index contributed by atoms with van der Waals surface area (Å²) in [6, 6.07) is 5.48. The maximum atomic E-state index is 11.9. The highest BCUT2D eigenvalue weighted by Gasteiger charge is 2.30. The van der Waals surface area contributed by atoms with E-state index in [0.717, 1.165) is 5.69 Å². The second kappa shape index (κ2) is 5.27. The summed E-state index contributed by atoms with van der Waals surface area (Å²) in [5.41, 5.74) is 6.44. The second-order valence-electron chi connectivity index (χ2n) is 4.35. The molecule has 0 aliphatic carbocycles. The van der Waals surface area contributed by atoms with Gasteiger partial charge in [-0.05, 0) is 24.6 Å². The van der Waals surface area contributed by atoms with Gasteiger partial charge in [0.2, 0.25) is 5.91 Å². The Kier molecular flexibility index (Phi) is 3.72. The highest BCUT2D eigenvalue weighted by molar-refractivity contribution is 5.96. The van der Waals surface area contributed by atoms with Gasteiger partial charge in [-0.2, -0.15) is 0 Å². The smallest absolute Gasteiger partial charge is 0.227 e. The van der Waals surface area contributed by atoms with Crippen LogP contribution in [0, 0.1) is 5.92 Å². The number of rotatable bonds is 4. The first-order valence-electron chi connectivity index (χ1n) is 5.92. The van der Waals surface area contributed by atoms with Crippen molar-refractivity contribution in [2.45, 2.75) is 6.42 Å². The van der Waals surface area contributed by atoms with E-state index in [2.05, 4.69) is 0 Å². The predicted molar refractivity (Wildman–Crippen MR) is 69.1 cm³/mol. The maximum absolute atomic E-state index is 11.9. The molecule has 2 N–H and O–H groups in total. The Balaban J connectivity index is 2.26. The summed E-state index contributed by atoms with van der Waals surface area (Å²) < 4.78 is 10.4. The van der Waals surface area contributed by atoms with Crippen LogP contribution in [-0.2, 0) is 4.79 Å². The van der Waals surface area contributed by atoms with Crippen LogP contribution >= 0.6 is 0 Å². The molecule has 1 aliphatic heterocycles. The average Bonchev–Trinajstić information content (AvgIpc) is 2.79. The van der Waals surface area contributed by atoms with Crippen molar-refractivity contribution < 1.29 is 14.3 Å². The fourth-order valence-electron chi connectivity index (χ4n) is 2.18. The quantitative estimate of drug-likeness (QED) is 0.866. The molecule has 2 rings (SSSR count). The van der Waals surface area contributed by atoms with Crippen molar-refractivity contribution in [1.29, 1.82) is 0 Å². The standard InChI is InChI=1S/C13H18N2O3/c1-17-11-4-3-10(6-12(11)18-2)15-8-9(7-14)5-13(15)16/h3-4,6,9H,5,7-8,14H2,1-2H3. The van der Waals surface area contributed by atoms with Gasteiger partial charge in [-0.3, -0.25) is 4.79 Å². The molecule has 5 nitrogen and oxygen atoms in total.